The number of halogens is 3. The van der Waals surface area contributed by atoms with Gasteiger partial charge in [-0.05, 0) is 30.2 Å². The van der Waals surface area contributed by atoms with E-state index in [4.69, 9.17) is 0 Å². The number of rotatable bonds is 7. The zero-order valence-corrected chi connectivity index (χ0v) is 19.6. The zero-order chi connectivity index (χ0) is 24.8. The van der Waals surface area contributed by atoms with Gasteiger partial charge in [-0.3, -0.25) is 14.6 Å². The summed E-state index contributed by atoms with van der Waals surface area (Å²) in [7, 11) is 0. The van der Waals surface area contributed by atoms with E-state index >= 15 is 0 Å². The molecule has 1 aromatic carbocycles. The predicted octanol–water partition coefficient (Wildman–Crippen LogP) is 4.11. The number of benzene rings is 1. The fourth-order valence-corrected chi connectivity index (χ4v) is 4.98. The molecular weight excluding hydrogens is 479 g/mol. The molecule has 0 bridgehead atoms. The van der Waals surface area contributed by atoms with Crippen molar-refractivity contribution in [1.29, 1.82) is 0 Å². The minimum absolute atomic E-state index is 0.0544. The quantitative estimate of drug-likeness (QED) is 0.491. The molecule has 0 radical (unpaired) electrons. The maximum absolute atomic E-state index is 13.5. The van der Waals surface area contributed by atoms with Crippen molar-refractivity contribution in [2.75, 3.05) is 24.6 Å². The molecule has 3 aromatic rings. The highest BCUT2D eigenvalue weighted by Gasteiger charge is 2.39. The Kier molecular flexibility index (Phi) is 7.74. The van der Waals surface area contributed by atoms with Gasteiger partial charge >= 0.3 is 6.18 Å². The molecule has 184 valence electrons. The second-order valence-corrected chi connectivity index (χ2v) is 9.14. The summed E-state index contributed by atoms with van der Waals surface area (Å²) in [6.07, 6.45) is 0.213. The Morgan fingerprint density at radius 2 is 1.94 bits per heavy atom. The molecule has 1 aliphatic heterocycles. The van der Waals surface area contributed by atoms with Gasteiger partial charge in [0.15, 0.2) is 5.69 Å². The fourth-order valence-electron chi connectivity index (χ4n) is 3.89. The summed E-state index contributed by atoms with van der Waals surface area (Å²) in [5.41, 5.74) is -0.431. The standard InChI is InChI=1S/C24H24F3N5O2S/c25-24(26,27)22-19(15-32(30-22)18-7-2-1-3-8-18)23(34)29-11-5-9-21(33)31-12-13-35-16-20(31)17-6-4-10-28-14-17/h1-4,6-8,10,14-15,20H,5,9,11-13,16H2,(H,29,34). The van der Waals surface area contributed by atoms with Crippen LogP contribution < -0.4 is 5.32 Å². The molecule has 7 nitrogen and oxygen atoms in total. The number of para-hydroxylation sites is 1. The number of nitrogens with one attached hydrogen (secondary N) is 1. The second kappa shape index (κ2) is 10.9. The number of carbonyl (C=O) groups is 2. The first-order chi connectivity index (χ1) is 16.8. The first kappa shape index (κ1) is 24.8. The first-order valence-electron chi connectivity index (χ1n) is 11.1. The van der Waals surface area contributed by atoms with Gasteiger partial charge in [0.05, 0.1) is 17.3 Å². The van der Waals surface area contributed by atoms with Gasteiger partial charge in [0.2, 0.25) is 5.91 Å². The van der Waals surface area contributed by atoms with E-state index in [1.165, 1.54) is 0 Å². The van der Waals surface area contributed by atoms with Crippen molar-refractivity contribution in [1.82, 2.24) is 25.0 Å². The molecule has 1 saturated heterocycles. The number of pyridine rings is 1. The Balaban J connectivity index is 1.36. The van der Waals surface area contributed by atoms with Crippen LogP contribution in [0.25, 0.3) is 5.69 Å². The highest BCUT2D eigenvalue weighted by Crippen LogP contribution is 2.32. The number of hydrogen-bond donors (Lipinski definition) is 1. The Morgan fingerprint density at radius 1 is 1.14 bits per heavy atom. The third-order valence-electron chi connectivity index (χ3n) is 5.62. The van der Waals surface area contributed by atoms with Crippen LogP contribution >= 0.6 is 11.8 Å². The molecule has 35 heavy (non-hydrogen) atoms. The molecule has 0 aliphatic carbocycles. The molecule has 0 spiro atoms. The lowest BCUT2D eigenvalue weighted by molar-refractivity contribution is -0.141. The molecule has 1 N–H and O–H groups in total. The highest BCUT2D eigenvalue weighted by atomic mass is 32.2. The Morgan fingerprint density at radius 3 is 2.66 bits per heavy atom. The van der Waals surface area contributed by atoms with Gasteiger partial charge < -0.3 is 10.2 Å². The molecular formula is C24H24F3N5O2S. The van der Waals surface area contributed by atoms with Crippen molar-refractivity contribution in [3.8, 4) is 5.69 Å². The molecule has 2 amide bonds. The number of carbonyl (C=O) groups excluding carboxylic acids is 2. The summed E-state index contributed by atoms with van der Waals surface area (Å²) in [6.45, 7) is 0.682. The monoisotopic (exact) mass is 503 g/mol. The number of alkyl halides is 3. The summed E-state index contributed by atoms with van der Waals surface area (Å²) >= 11 is 1.77. The van der Waals surface area contributed by atoms with E-state index in [1.807, 2.05) is 17.0 Å². The van der Waals surface area contributed by atoms with Gasteiger partial charge in [-0.25, -0.2) is 4.68 Å². The first-order valence-corrected chi connectivity index (χ1v) is 12.3. The van der Waals surface area contributed by atoms with Crippen molar-refractivity contribution in [2.24, 2.45) is 0 Å². The van der Waals surface area contributed by atoms with E-state index in [9.17, 15) is 22.8 Å². The van der Waals surface area contributed by atoms with Gasteiger partial charge in [0, 0.05) is 49.6 Å². The van der Waals surface area contributed by atoms with Gasteiger partial charge in [-0.2, -0.15) is 30.0 Å². The van der Waals surface area contributed by atoms with Gasteiger partial charge in [0.25, 0.3) is 5.91 Å². The third kappa shape index (κ3) is 6.02. The number of thioether (sulfide) groups is 1. The zero-order valence-electron chi connectivity index (χ0n) is 18.7. The van der Waals surface area contributed by atoms with Crippen molar-refractivity contribution < 1.29 is 22.8 Å². The summed E-state index contributed by atoms with van der Waals surface area (Å²) in [5.74, 6) is 0.681. The average Bonchev–Trinajstić information content (AvgIpc) is 3.34. The molecule has 11 heteroatoms. The second-order valence-electron chi connectivity index (χ2n) is 7.99. The van der Waals surface area contributed by atoms with E-state index in [0.717, 1.165) is 27.9 Å². The van der Waals surface area contributed by atoms with Gasteiger partial charge in [-0.15, -0.1) is 0 Å². The van der Waals surface area contributed by atoms with Crippen LogP contribution in [0.3, 0.4) is 0 Å². The average molecular weight is 504 g/mol. The van der Waals surface area contributed by atoms with Gasteiger partial charge in [0.1, 0.15) is 0 Å². The van der Waals surface area contributed by atoms with E-state index < -0.39 is 23.3 Å². The van der Waals surface area contributed by atoms with Crippen LogP contribution in [0.4, 0.5) is 13.2 Å². The molecule has 1 atom stereocenters. The predicted molar refractivity (Wildman–Crippen MR) is 126 cm³/mol. The molecule has 4 rings (SSSR count). The molecule has 0 saturated carbocycles. The SMILES string of the molecule is O=C(NCCCC(=O)N1CCSCC1c1cccnc1)c1cn(-c2ccccc2)nc1C(F)(F)F. The molecule has 1 unspecified atom stereocenters. The smallest absolute Gasteiger partial charge is 0.352 e. The number of nitrogens with zero attached hydrogens (tertiary/aromatic N) is 4. The van der Waals surface area contributed by atoms with Crippen LogP contribution in [0.15, 0.2) is 61.1 Å². The third-order valence-corrected chi connectivity index (χ3v) is 6.64. The molecule has 3 heterocycles. The highest BCUT2D eigenvalue weighted by molar-refractivity contribution is 7.99. The molecule has 2 aromatic heterocycles. The lowest BCUT2D eigenvalue weighted by Crippen LogP contribution is -2.41. The Bertz CT molecular complexity index is 1150. The Hall–Kier alpha value is -3.34. The van der Waals surface area contributed by atoms with E-state index in [2.05, 4.69) is 15.4 Å². The largest absolute Gasteiger partial charge is 0.435 e. The Labute approximate surface area is 204 Å². The van der Waals surface area contributed by atoms with Gasteiger partial charge in [-0.1, -0.05) is 24.3 Å². The summed E-state index contributed by atoms with van der Waals surface area (Å²) in [5, 5.41) is 6.09. The summed E-state index contributed by atoms with van der Waals surface area (Å²) in [6, 6.07) is 12.0. The van der Waals surface area contributed by atoms with Crippen molar-refractivity contribution in [2.45, 2.75) is 25.1 Å². The van der Waals surface area contributed by atoms with Crippen molar-refractivity contribution in [3.63, 3.8) is 0 Å². The minimum atomic E-state index is -4.78. The number of hydrogen-bond acceptors (Lipinski definition) is 5. The molecule has 1 aliphatic rings. The van der Waals surface area contributed by atoms with Crippen LogP contribution in [0.1, 0.15) is 40.5 Å². The maximum Gasteiger partial charge on any atom is 0.435 e. The fraction of sp³-hybridized carbons (Fsp3) is 0.333. The van der Waals surface area contributed by atoms with Crippen LogP contribution in [0.5, 0.6) is 0 Å². The lowest BCUT2D eigenvalue weighted by atomic mass is 10.1. The van der Waals surface area contributed by atoms with E-state index in [-0.39, 0.29) is 24.9 Å². The van der Waals surface area contributed by atoms with E-state index in [0.29, 0.717) is 18.7 Å². The summed E-state index contributed by atoms with van der Waals surface area (Å²) in [4.78, 5) is 31.4. The molecule has 1 fully saturated rings. The van der Waals surface area contributed by atoms with Crippen LogP contribution in [0.2, 0.25) is 0 Å². The number of aromatic nitrogens is 3. The topological polar surface area (TPSA) is 80.1 Å². The lowest BCUT2D eigenvalue weighted by Gasteiger charge is -2.35. The van der Waals surface area contributed by atoms with Crippen LogP contribution in [-0.2, 0) is 11.0 Å². The van der Waals surface area contributed by atoms with Crippen molar-refractivity contribution in [3.05, 3.63) is 77.9 Å². The normalized spacial score (nSPS) is 16.2. The summed E-state index contributed by atoms with van der Waals surface area (Å²) < 4.78 is 41.5. The van der Waals surface area contributed by atoms with Crippen molar-refractivity contribution >= 4 is 23.6 Å². The maximum atomic E-state index is 13.5. The van der Waals surface area contributed by atoms with Crippen LogP contribution in [0, 0.1) is 0 Å². The van der Waals surface area contributed by atoms with Crippen LogP contribution in [-0.4, -0.2) is 56.1 Å². The minimum Gasteiger partial charge on any atom is -0.352 e. The number of amides is 2. The van der Waals surface area contributed by atoms with E-state index in [1.54, 1.807) is 54.5 Å².